The van der Waals surface area contributed by atoms with Gasteiger partial charge in [0.05, 0.1) is 18.2 Å². The van der Waals surface area contributed by atoms with Crippen LogP contribution in [0.5, 0.6) is 0 Å². The number of amides is 1. The highest BCUT2D eigenvalue weighted by Gasteiger charge is 2.13. The lowest BCUT2D eigenvalue weighted by molar-refractivity contribution is -0.120. The molecule has 4 nitrogen and oxygen atoms in total. The van der Waals surface area contributed by atoms with E-state index < -0.39 is 0 Å². The minimum atomic E-state index is -0.186. The third-order valence-electron chi connectivity index (χ3n) is 4.03. The second kappa shape index (κ2) is 8.53. The van der Waals surface area contributed by atoms with Crippen LogP contribution in [0.4, 0.5) is 0 Å². The Morgan fingerprint density at radius 3 is 2.81 bits per heavy atom. The fourth-order valence-corrected chi connectivity index (χ4v) is 2.64. The van der Waals surface area contributed by atoms with E-state index in [9.17, 15) is 9.59 Å². The summed E-state index contributed by atoms with van der Waals surface area (Å²) in [7, 11) is 0. The molecule has 5 radical (unpaired) electrons. The van der Waals surface area contributed by atoms with Crippen molar-refractivity contribution in [2.45, 2.75) is 12.8 Å². The highest BCUT2D eigenvalue weighted by Crippen LogP contribution is 2.25. The molecular formula is C22H18NO3. The van der Waals surface area contributed by atoms with Gasteiger partial charge in [0, 0.05) is 17.9 Å². The minimum absolute atomic E-state index is 0.112. The van der Waals surface area contributed by atoms with Gasteiger partial charge in [-0.05, 0) is 49.8 Å². The molecule has 3 rings (SSSR count). The molecule has 2 aromatic rings. The zero-order valence-electron chi connectivity index (χ0n) is 14.2. The van der Waals surface area contributed by atoms with Crippen molar-refractivity contribution in [2.24, 2.45) is 0 Å². The van der Waals surface area contributed by atoms with Crippen LogP contribution in [0.15, 0.2) is 39.7 Å². The Kier molecular flexibility index (Phi) is 5.91. The van der Waals surface area contributed by atoms with Gasteiger partial charge in [0.15, 0.2) is 5.43 Å². The molecule has 1 saturated carbocycles. The summed E-state index contributed by atoms with van der Waals surface area (Å²) in [5.41, 5.74) is 1.81. The van der Waals surface area contributed by atoms with E-state index in [2.05, 4.69) is 11.2 Å². The van der Waals surface area contributed by atoms with E-state index in [-0.39, 0.29) is 24.3 Å². The van der Waals surface area contributed by atoms with E-state index in [4.69, 9.17) is 10.8 Å². The Bertz CT molecular complexity index is 911. The summed E-state index contributed by atoms with van der Waals surface area (Å²) in [5.74, 6) is 3.26. The van der Waals surface area contributed by atoms with Crippen LogP contribution in [-0.2, 0) is 11.2 Å². The number of terminal acetylenes is 1. The lowest BCUT2D eigenvalue weighted by Gasteiger charge is -2.04. The monoisotopic (exact) mass is 344 g/mol. The molecule has 1 heterocycles. The van der Waals surface area contributed by atoms with Crippen LogP contribution in [-0.4, -0.2) is 12.5 Å². The SMILES string of the molecule is C#CCNC(=O)CCc1coc2ccc(/C=C/[C]3[CH][CH][CH][CH]3)cc2c1=O. The molecule has 1 aliphatic carbocycles. The van der Waals surface area contributed by atoms with Gasteiger partial charge in [0.2, 0.25) is 5.91 Å². The van der Waals surface area contributed by atoms with Crippen LogP contribution in [0.2, 0.25) is 0 Å². The zero-order chi connectivity index (χ0) is 18.4. The maximum atomic E-state index is 12.7. The van der Waals surface area contributed by atoms with Crippen molar-refractivity contribution in [1.29, 1.82) is 0 Å². The molecule has 0 bridgehead atoms. The van der Waals surface area contributed by atoms with Gasteiger partial charge < -0.3 is 9.73 Å². The maximum Gasteiger partial charge on any atom is 0.221 e. The van der Waals surface area contributed by atoms with E-state index in [0.717, 1.165) is 11.5 Å². The first-order chi connectivity index (χ1) is 12.7. The van der Waals surface area contributed by atoms with E-state index in [0.29, 0.717) is 23.0 Å². The first kappa shape index (κ1) is 18.0. The number of hydrogen-bond donors (Lipinski definition) is 1. The fraction of sp³-hybridized carbons (Fsp3) is 0.136. The molecular weight excluding hydrogens is 326 g/mol. The Hall–Kier alpha value is -2.80. The van der Waals surface area contributed by atoms with Crippen LogP contribution in [0, 0.1) is 43.9 Å². The van der Waals surface area contributed by atoms with Crippen LogP contribution < -0.4 is 10.7 Å². The number of nitrogens with one attached hydrogen (secondary N) is 1. The lowest BCUT2D eigenvalue weighted by atomic mass is 10.0. The molecule has 0 aliphatic heterocycles. The highest BCUT2D eigenvalue weighted by atomic mass is 16.3. The molecule has 1 aromatic heterocycles. The van der Waals surface area contributed by atoms with Gasteiger partial charge in [-0.3, -0.25) is 9.59 Å². The molecule has 1 N–H and O–H groups in total. The number of hydrogen-bond acceptors (Lipinski definition) is 3. The smallest absolute Gasteiger partial charge is 0.221 e. The molecule has 0 saturated heterocycles. The van der Waals surface area contributed by atoms with Crippen molar-refractivity contribution < 1.29 is 9.21 Å². The number of rotatable bonds is 6. The number of allylic oxidation sites excluding steroid dienone is 1. The highest BCUT2D eigenvalue weighted by molar-refractivity contribution is 5.80. The van der Waals surface area contributed by atoms with Crippen molar-refractivity contribution in [3.05, 3.63) is 83.5 Å². The van der Waals surface area contributed by atoms with Crippen molar-refractivity contribution in [2.75, 3.05) is 6.54 Å². The molecule has 0 atom stereocenters. The van der Waals surface area contributed by atoms with Gasteiger partial charge in [-0.25, -0.2) is 0 Å². The third kappa shape index (κ3) is 4.43. The molecule has 26 heavy (non-hydrogen) atoms. The Morgan fingerprint density at radius 1 is 1.23 bits per heavy atom. The molecule has 0 unspecified atom stereocenters. The van der Waals surface area contributed by atoms with Crippen molar-refractivity contribution in [1.82, 2.24) is 5.32 Å². The van der Waals surface area contributed by atoms with E-state index >= 15 is 0 Å². The molecule has 1 fully saturated rings. The number of carbonyl (C=O) groups excluding carboxylic acids is 1. The summed E-state index contributed by atoms with van der Waals surface area (Å²) in [6.07, 6.45) is 18.9. The molecule has 4 heteroatoms. The average Bonchev–Trinajstić information content (AvgIpc) is 3.18. The molecule has 1 aliphatic rings. The number of benzene rings is 1. The first-order valence-electron chi connectivity index (χ1n) is 8.32. The van der Waals surface area contributed by atoms with Gasteiger partial charge >= 0.3 is 0 Å². The predicted octanol–water partition coefficient (Wildman–Crippen LogP) is 2.89. The largest absolute Gasteiger partial charge is 0.464 e. The zero-order valence-corrected chi connectivity index (χ0v) is 14.2. The van der Waals surface area contributed by atoms with Gasteiger partial charge in [-0.1, -0.05) is 24.1 Å². The van der Waals surface area contributed by atoms with E-state index in [1.807, 2.05) is 50.0 Å². The Balaban J connectivity index is 1.77. The minimum Gasteiger partial charge on any atom is -0.464 e. The standard InChI is InChI=1S/C22H18NO3/c1-2-13-23-21(24)12-10-18-15-26-20-11-9-17(14-19(20)22(18)25)8-7-16-5-3-4-6-16/h1,3-9,11,14-15H,10,12-13H2,(H,23,24)/b8-7+. The molecule has 129 valence electrons. The van der Waals surface area contributed by atoms with Crippen molar-refractivity contribution >= 4 is 23.0 Å². The number of carbonyl (C=O) groups is 1. The Morgan fingerprint density at radius 2 is 2.04 bits per heavy atom. The van der Waals surface area contributed by atoms with Gasteiger partial charge in [0.25, 0.3) is 0 Å². The number of fused-ring (bicyclic) bond motifs is 1. The van der Waals surface area contributed by atoms with Crippen LogP contribution in [0.25, 0.3) is 17.0 Å². The summed E-state index contributed by atoms with van der Waals surface area (Å²) in [5, 5.41) is 3.09. The third-order valence-corrected chi connectivity index (χ3v) is 4.03. The quantitative estimate of drug-likeness (QED) is 0.820. The Labute approximate surface area is 153 Å². The normalized spacial score (nSPS) is 14.7. The predicted molar refractivity (Wildman–Crippen MR) is 102 cm³/mol. The topological polar surface area (TPSA) is 59.3 Å². The summed E-state index contributed by atoms with van der Waals surface area (Å²) >= 11 is 0. The summed E-state index contributed by atoms with van der Waals surface area (Å²) in [6.45, 7) is 0.185. The van der Waals surface area contributed by atoms with Gasteiger partial charge in [-0.15, -0.1) is 6.42 Å². The van der Waals surface area contributed by atoms with Crippen molar-refractivity contribution in [3.63, 3.8) is 0 Å². The number of aryl methyl sites for hydroxylation is 1. The van der Waals surface area contributed by atoms with Gasteiger partial charge in [0.1, 0.15) is 5.58 Å². The molecule has 0 spiro atoms. The van der Waals surface area contributed by atoms with Crippen LogP contribution in [0.3, 0.4) is 0 Å². The lowest BCUT2D eigenvalue weighted by Crippen LogP contribution is -2.24. The van der Waals surface area contributed by atoms with E-state index in [1.54, 1.807) is 6.07 Å². The van der Waals surface area contributed by atoms with E-state index in [1.165, 1.54) is 6.26 Å². The summed E-state index contributed by atoms with van der Waals surface area (Å²) in [4.78, 5) is 24.3. The van der Waals surface area contributed by atoms with Crippen molar-refractivity contribution in [3.8, 4) is 12.3 Å². The fourth-order valence-electron chi connectivity index (χ4n) is 2.64. The second-order valence-electron chi connectivity index (χ2n) is 5.88. The van der Waals surface area contributed by atoms with Crippen LogP contribution in [0.1, 0.15) is 17.5 Å². The summed E-state index contributed by atoms with van der Waals surface area (Å²) in [6, 6.07) is 5.49. The van der Waals surface area contributed by atoms with Gasteiger partial charge in [-0.2, -0.15) is 0 Å². The summed E-state index contributed by atoms with van der Waals surface area (Å²) < 4.78 is 5.55. The first-order valence-corrected chi connectivity index (χ1v) is 8.32. The molecule has 1 amide bonds. The average molecular weight is 344 g/mol. The molecule has 1 aromatic carbocycles. The second-order valence-corrected chi connectivity index (χ2v) is 5.88. The maximum absolute atomic E-state index is 12.7. The van der Waals surface area contributed by atoms with Crippen LogP contribution >= 0.6 is 0 Å².